The van der Waals surface area contributed by atoms with Crippen LogP contribution in [-0.4, -0.2) is 56.1 Å². The van der Waals surface area contributed by atoms with E-state index in [1.807, 2.05) is 41.3 Å². The van der Waals surface area contributed by atoms with Gasteiger partial charge in [0.1, 0.15) is 0 Å². The fourth-order valence-electron chi connectivity index (χ4n) is 4.20. The first-order valence-electron chi connectivity index (χ1n) is 10.6. The standard InChI is InChI=1S/C24H29N5O/c1-3-10-28-11-12-29(18-20-15-26-27(2)17-20)23(24(28)30)14-19-6-4-7-21(13-19)22-8-5-9-25-16-22/h4-9,13,15-17,23H,3,10-12,14,18H2,1-2H3. The zero-order valence-electron chi connectivity index (χ0n) is 17.7. The highest BCUT2D eigenvalue weighted by Crippen LogP contribution is 2.23. The molecule has 6 heteroatoms. The van der Waals surface area contributed by atoms with Crippen molar-refractivity contribution in [1.82, 2.24) is 24.6 Å². The molecule has 3 aromatic rings. The minimum atomic E-state index is -0.158. The van der Waals surface area contributed by atoms with E-state index in [9.17, 15) is 4.79 Å². The molecule has 1 atom stereocenters. The molecule has 0 aliphatic carbocycles. The number of aryl methyl sites for hydroxylation is 1. The molecule has 6 nitrogen and oxygen atoms in total. The lowest BCUT2D eigenvalue weighted by Crippen LogP contribution is -2.57. The van der Waals surface area contributed by atoms with Crippen LogP contribution in [0.2, 0.25) is 0 Å². The van der Waals surface area contributed by atoms with E-state index >= 15 is 0 Å². The van der Waals surface area contributed by atoms with Gasteiger partial charge in [0, 0.05) is 57.4 Å². The Bertz CT molecular complexity index is 984. The van der Waals surface area contributed by atoms with Gasteiger partial charge in [0.25, 0.3) is 0 Å². The Morgan fingerprint density at radius 1 is 1.07 bits per heavy atom. The van der Waals surface area contributed by atoms with Gasteiger partial charge in [0.2, 0.25) is 5.91 Å². The van der Waals surface area contributed by atoms with Gasteiger partial charge in [-0.2, -0.15) is 5.10 Å². The number of carbonyl (C=O) groups is 1. The summed E-state index contributed by atoms with van der Waals surface area (Å²) in [6.45, 7) is 5.37. The van der Waals surface area contributed by atoms with Gasteiger partial charge in [-0.1, -0.05) is 37.3 Å². The summed E-state index contributed by atoms with van der Waals surface area (Å²) < 4.78 is 1.82. The van der Waals surface area contributed by atoms with E-state index in [2.05, 4.69) is 52.2 Å². The van der Waals surface area contributed by atoms with Crippen molar-refractivity contribution in [1.29, 1.82) is 0 Å². The fraction of sp³-hybridized carbons (Fsp3) is 0.375. The number of hydrogen-bond acceptors (Lipinski definition) is 4. The average molecular weight is 404 g/mol. The van der Waals surface area contributed by atoms with Crippen molar-refractivity contribution in [3.05, 3.63) is 72.3 Å². The number of amides is 1. The van der Waals surface area contributed by atoms with E-state index in [4.69, 9.17) is 0 Å². The summed E-state index contributed by atoms with van der Waals surface area (Å²) in [5.41, 5.74) is 4.54. The molecular weight excluding hydrogens is 374 g/mol. The van der Waals surface area contributed by atoms with Crippen LogP contribution in [0.25, 0.3) is 11.1 Å². The number of hydrogen-bond donors (Lipinski definition) is 0. The molecule has 1 aliphatic heterocycles. The van der Waals surface area contributed by atoms with Crippen LogP contribution in [0.5, 0.6) is 0 Å². The van der Waals surface area contributed by atoms with Crippen molar-refractivity contribution in [3.8, 4) is 11.1 Å². The first-order chi connectivity index (χ1) is 14.6. The number of piperazine rings is 1. The maximum absolute atomic E-state index is 13.3. The first-order valence-corrected chi connectivity index (χ1v) is 10.6. The van der Waals surface area contributed by atoms with Gasteiger partial charge >= 0.3 is 0 Å². The average Bonchev–Trinajstić information content (AvgIpc) is 3.18. The van der Waals surface area contributed by atoms with Crippen molar-refractivity contribution >= 4 is 5.91 Å². The number of benzene rings is 1. The quantitative estimate of drug-likeness (QED) is 0.608. The van der Waals surface area contributed by atoms with E-state index in [-0.39, 0.29) is 11.9 Å². The van der Waals surface area contributed by atoms with Crippen LogP contribution in [0, 0.1) is 0 Å². The summed E-state index contributed by atoms with van der Waals surface area (Å²) >= 11 is 0. The molecular formula is C24H29N5O. The predicted octanol–water partition coefficient (Wildman–Crippen LogP) is 3.15. The van der Waals surface area contributed by atoms with Crippen molar-refractivity contribution in [2.24, 2.45) is 7.05 Å². The highest BCUT2D eigenvalue weighted by molar-refractivity contribution is 5.83. The minimum absolute atomic E-state index is 0.158. The smallest absolute Gasteiger partial charge is 0.240 e. The zero-order chi connectivity index (χ0) is 20.9. The Hall–Kier alpha value is -2.99. The van der Waals surface area contributed by atoms with Gasteiger partial charge in [-0.05, 0) is 35.6 Å². The molecule has 1 fully saturated rings. The zero-order valence-corrected chi connectivity index (χ0v) is 17.7. The van der Waals surface area contributed by atoms with Crippen LogP contribution in [-0.2, 0) is 24.8 Å². The molecule has 2 aromatic heterocycles. The van der Waals surface area contributed by atoms with Gasteiger partial charge in [-0.25, -0.2) is 0 Å². The summed E-state index contributed by atoms with van der Waals surface area (Å²) in [4.78, 5) is 21.9. The molecule has 1 unspecified atom stereocenters. The second-order valence-electron chi connectivity index (χ2n) is 7.98. The second-order valence-corrected chi connectivity index (χ2v) is 7.98. The van der Waals surface area contributed by atoms with Gasteiger partial charge in [-0.3, -0.25) is 19.4 Å². The molecule has 0 spiro atoms. The highest BCUT2D eigenvalue weighted by atomic mass is 16.2. The topological polar surface area (TPSA) is 54.3 Å². The molecule has 0 bridgehead atoms. The normalized spacial score (nSPS) is 17.5. The largest absolute Gasteiger partial charge is 0.340 e. The number of pyridine rings is 1. The summed E-state index contributed by atoms with van der Waals surface area (Å²) in [7, 11) is 1.93. The molecule has 4 rings (SSSR count). The predicted molar refractivity (Wildman–Crippen MR) is 118 cm³/mol. The van der Waals surface area contributed by atoms with E-state index < -0.39 is 0 Å². The second kappa shape index (κ2) is 9.22. The van der Waals surface area contributed by atoms with Crippen LogP contribution in [0.3, 0.4) is 0 Å². The molecule has 0 N–H and O–H groups in total. The number of aromatic nitrogens is 3. The lowest BCUT2D eigenvalue weighted by Gasteiger charge is -2.40. The first kappa shape index (κ1) is 20.3. The SMILES string of the molecule is CCCN1CCN(Cc2cnn(C)c2)C(Cc2cccc(-c3cccnc3)c2)C1=O. The Labute approximate surface area is 178 Å². The lowest BCUT2D eigenvalue weighted by molar-refractivity contribution is -0.142. The highest BCUT2D eigenvalue weighted by Gasteiger charge is 2.34. The molecule has 1 saturated heterocycles. The Morgan fingerprint density at radius 3 is 2.67 bits per heavy atom. The monoisotopic (exact) mass is 403 g/mol. The summed E-state index contributed by atoms with van der Waals surface area (Å²) in [5.74, 6) is 0.235. The Kier molecular flexibility index (Phi) is 6.23. The number of carbonyl (C=O) groups excluding carboxylic acids is 1. The number of nitrogens with zero attached hydrogens (tertiary/aromatic N) is 5. The third-order valence-electron chi connectivity index (χ3n) is 5.68. The third-order valence-corrected chi connectivity index (χ3v) is 5.68. The summed E-state index contributed by atoms with van der Waals surface area (Å²) in [6, 6.07) is 12.3. The molecule has 1 aliphatic rings. The Balaban J connectivity index is 1.57. The lowest BCUT2D eigenvalue weighted by atomic mass is 9.97. The van der Waals surface area contributed by atoms with Crippen molar-refractivity contribution < 1.29 is 4.79 Å². The minimum Gasteiger partial charge on any atom is -0.340 e. The Morgan fingerprint density at radius 2 is 1.93 bits per heavy atom. The third kappa shape index (κ3) is 4.60. The van der Waals surface area contributed by atoms with Crippen molar-refractivity contribution in [2.45, 2.75) is 32.4 Å². The number of rotatable bonds is 7. The van der Waals surface area contributed by atoms with Crippen LogP contribution in [0.4, 0.5) is 0 Å². The maximum Gasteiger partial charge on any atom is 0.240 e. The molecule has 3 heterocycles. The molecule has 1 amide bonds. The van der Waals surface area contributed by atoms with Crippen molar-refractivity contribution in [2.75, 3.05) is 19.6 Å². The van der Waals surface area contributed by atoms with Crippen molar-refractivity contribution in [3.63, 3.8) is 0 Å². The molecule has 1 aromatic carbocycles. The summed E-state index contributed by atoms with van der Waals surface area (Å²) in [6.07, 6.45) is 9.27. The van der Waals surface area contributed by atoms with E-state index in [0.717, 1.165) is 49.3 Å². The van der Waals surface area contributed by atoms with Gasteiger partial charge in [0.15, 0.2) is 0 Å². The van der Waals surface area contributed by atoms with Gasteiger partial charge in [0.05, 0.1) is 12.2 Å². The van der Waals surface area contributed by atoms with Gasteiger partial charge < -0.3 is 4.90 Å². The molecule has 0 saturated carbocycles. The molecule has 30 heavy (non-hydrogen) atoms. The van der Waals surface area contributed by atoms with E-state index in [0.29, 0.717) is 6.42 Å². The maximum atomic E-state index is 13.3. The van der Waals surface area contributed by atoms with E-state index in [1.165, 1.54) is 5.56 Å². The fourth-order valence-corrected chi connectivity index (χ4v) is 4.20. The van der Waals surface area contributed by atoms with Crippen LogP contribution >= 0.6 is 0 Å². The molecule has 0 radical (unpaired) electrons. The van der Waals surface area contributed by atoms with Crippen LogP contribution in [0.1, 0.15) is 24.5 Å². The van der Waals surface area contributed by atoms with Crippen LogP contribution in [0.15, 0.2) is 61.2 Å². The van der Waals surface area contributed by atoms with E-state index in [1.54, 1.807) is 6.20 Å². The van der Waals surface area contributed by atoms with Gasteiger partial charge in [-0.15, -0.1) is 0 Å². The molecule has 156 valence electrons. The summed E-state index contributed by atoms with van der Waals surface area (Å²) in [5, 5.41) is 4.29. The van der Waals surface area contributed by atoms with Crippen LogP contribution < -0.4 is 0 Å².